The van der Waals surface area contributed by atoms with E-state index in [1.165, 1.54) is 16.9 Å². The van der Waals surface area contributed by atoms with Crippen molar-refractivity contribution in [1.29, 1.82) is 0 Å². The van der Waals surface area contributed by atoms with E-state index in [1.54, 1.807) is 0 Å². The summed E-state index contributed by atoms with van der Waals surface area (Å²) >= 11 is 1.50. The van der Waals surface area contributed by atoms with E-state index in [4.69, 9.17) is 0 Å². The van der Waals surface area contributed by atoms with Crippen molar-refractivity contribution in [3.05, 3.63) is 71.1 Å². The van der Waals surface area contributed by atoms with Crippen LogP contribution in [0.3, 0.4) is 0 Å². The van der Waals surface area contributed by atoms with Gasteiger partial charge in [-0.2, -0.15) is 0 Å². The Kier molecular flexibility index (Phi) is 7.29. The van der Waals surface area contributed by atoms with E-state index in [-0.39, 0.29) is 18.0 Å². The second kappa shape index (κ2) is 10.6. The van der Waals surface area contributed by atoms with Gasteiger partial charge in [0.2, 0.25) is 5.91 Å². The number of rotatable bonds is 7. The van der Waals surface area contributed by atoms with E-state index in [1.807, 2.05) is 43.3 Å². The second-order valence-electron chi connectivity index (χ2n) is 9.77. The van der Waals surface area contributed by atoms with Crippen molar-refractivity contribution in [2.75, 3.05) is 38.0 Å². The van der Waals surface area contributed by atoms with Crippen molar-refractivity contribution in [2.45, 2.75) is 44.2 Å². The third-order valence-corrected chi connectivity index (χ3v) is 8.44. The van der Waals surface area contributed by atoms with Gasteiger partial charge in [0.15, 0.2) is 5.13 Å². The van der Waals surface area contributed by atoms with Crippen LogP contribution < -0.4 is 5.32 Å². The molecule has 7 heteroatoms. The number of hydrogen-bond acceptors (Lipinski definition) is 6. The standard InChI is InChI=1S/C28H34N4O2S/c1-21-26(23-11-6-3-7-12-23)30-27(35-21)29-25(34)20-31-18-15-28(24(33)19-31)14-8-16-32(28)17-13-22-9-4-2-5-10-22/h2-7,9-12,24,33H,8,13-20H2,1H3,(H,29,30,34)/t24-,28-/m0/s1. The first-order chi connectivity index (χ1) is 17.0. The molecule has 1 amide bonds. The van der Waals surface area contributed by atoms with Crippen molar-refractivity contribution in [3.8, 4) is 11.3 Å². The first-order valence-corrected chi connectivity index (χ1v) is 13.4. The SMILES string of the molecule is Cc1sc(NC(=O)CN2CC[C@@]3(CCCN3CCc3ccccc3)[C@@H](O)C2)nc1-c1ccccc1. The Morgan fingerprint density at radius 2 is 1.86 bits per heavy atom. The van der Waals surface area contributed by atoms with Crippen LogP contribution in [0, 0.1) is 6.92 Å². The summed E-state index contributed by atoms with van der Waals surface area (Å²) < 4.78 is 0. The summed E-state index contributed by atoms with van der Waals surface area (Å²) in [5.41, 5.74) is 3.15. The molecule has 184 valence electrons. The minimum absolute atomic E-state index is 0.0751. The Hall–Kier alpha value is -2.58. The molecule has 0 unspecified atom stereocenters. The van der Waals surface area contributed by atoms with E-state index in [9.17, 15) is 9.90 Å². The minimum atomic E-state index is -0.450. The number of piperidine rings is 1. The van der Waals surface area contributed by atoms with E-state index >= 15 is 0 Å². The molecule has 2 atom stereocenters. The van der Waals surface area contributed by atoms with Crippen LogP contribution in [0.4, 0.5) is 5.13 Å². The molecule has 2 saturated heterocycles. The number of amides is 1. The summed E-state index contributed by atoms with van der Waals surface area (Å²) in [7, 11) is 0. The fraction of sp³-hybridized carbons (Fsp3) is 0.429. The van der Waals surface area contributed by atoms with Gasteiger partial charge >= 0.3 is 0 Å². The molecule has 2 aromatic carbocycles. The lowest BCUT2D eigenvalue weighted by molar-refractivity contribution is -0.120. The van der Waals surface area contributed by atoms with Gasteiger partial charge in [-0.15, -0.1) is 11.3 Å². The number of carbonyl (C=O) groups excluding carboxylic acids is 1. The summed E-state index contributed by atoms with van der Waals surface area (Å²) in [6, 6.07) is 20.6. The number of aromatic nitrogens is 1. The Morgan fingerprint density at radius 3 is 2.60 bits per heavy atom. The zero-order valence-corrected chi connectivity index (χ0v) is 21.1. The molecule has 2 aliphatic heterocycles. The Labute approximate surface area is 211 Å². The zero-order chi connectivity index (χ0) is 24.3. The maximum Gasteiger partial charge on any atom is 0.240 e. The number of benzene rings is 2. The predicted octanol–water partition coefficient (Wildman–Crippen LogP) is 4.20. The van der Waals surface area contributed by atoms with Crippen LogP contribution in [-0.4, -0.2) is 70.2 Å². The van der Waals surface area contributed by atoms with Crippen molar-refractivity contribution in [3.63, 3.8) is 0 Å². The van der Waals surface area contributed by atoms with Crippen LogP contribution in [-0.2, 0) is 11.2 Å². The smallest absolute Gasteiger partial charge is 0.240 e. The number of aliphatic hydroxyl groups is 1. The van der Waals surface area contributed by atoms with Crippen LogP contribution in [0.2, 0.25) is 0 Å². The molecule has 6 nitrogen and oxygen atoms in total. The number of anilines is 1. The number of carbonyl (C=O) groups is 1. The number of likely N-dealkylation sites (tertiary alicyclic amines) is 2. The van der Waals surface area contributed by atoms with Crippen LogP contribution in [0.5, 0.6) is 0 Å². The zero-order valence-electron chi connectivity index (χ0n) is 20.3. The van der Waals surface area contributed by atoms with Gasteiger partial charge in [-0.05, 0) is 44.7 Å². The molecule has 0 radical (unpaired) electrons. The fourth-order valence-electron chi connectivity index (χ4n) is 5.70. The number of aryl methyl sites for hydroxylation is 1. The Balaban J connectivity index is 1.16. The lowest BCUT2D eigenvalue weighted by Crippen LogP contribution is -2.62. The highest BCUT2D eigenvalue weighted by atomic mass is 32.1. The first-order valence-electron chi connectivity index (χ1n) is 12.6. The number of aliphatic hydroxyl groups excluding tert-OH is 1. The van der Waals surface area contributed by atoms with Gasteiger partial charge in [0.25, 0.3) is 0 Å². The Morgan fingerprint density at radius 1 is 1.11 bits per heavy atom. The lowest BCUT2D eigenvalue weighted by atomic mass is 9.82. The predicted molar refractivity (Wildman–Crippen MR) is 142 cm³/mol. The molecule has 5 rings (SSSR count). The normalized spacial score (nSPS) is 23.1. The summed E-state index contributed by atoms with van der Waals surface area (Å²) in [5.74, 6) is -0.0751. The molecular weight excluding hydrogens is 456 g/mol. The third-order valence-electron chi connectivity index (χ3n) is 7.55. The van der Waals surface area contributed by atoms with Gasteiger partial charge in [0.05, 0.1) is 18.3 Å². The van der Waals surface area contributed by atoms with Gasteiger partial charge in [0.1, 0.15) is 0 Å². The number of thiazole rings is 1. The molecule has 35 heavy (non-hydrogen) atoms. The number of β-amino-alcohol motifs (C(OH)–C–C–N with tert-alkyl or cyclic N) is 1. The molecule has 2 fully saturated rings. The summed E-state index contributed by atoms with van der Waals surface area (Å²) in [5, 5.41) is 14.8. The third kappa shape index (κ3) is 5.33. The van der Waals surface area contributed by atoms with Crippen molar-refractivity contribution >= 4 is 22.4 Å². The first kappa shape index (κ1) is 24.1. The van der Waals surface area contributed by atoms with Gasteiger partial charge < -0.3 is 10.4 Å². The minimum Gasteiger partial charge on any atom is -0.390 e. The number of hydrogen-bond donors (Lipinski definition) is 2. The lowest BCUT2D eigenvalue weighted by Gasteiger charge is -2.48. The number of nitrogens with one attached hydrogen (secondary N) is 1. The molecule has 0 aliphatic carbocycles. The molecule has 1 spiro atoms. The quantitative estimate of drug-likeness (QED) is 0.520. The van der Waals surface area contributed by atoms with Crippen molar-refractivity contribution < 1.29 is 9.90 Å². The highest BCUT2D eigenvalue weighted by Crippen LogP contribution is 2.39. The molecule has 0 saturated carbocycles. The Bertz CT molecular complexity index is 1140. The van der Waals surface area contributed by atoms with Crippen LogP contribution in [0.25, 0.3) is 11.3 Å². The molecule has 2 N–H and O–H groups in total. The fourth-order valence-corrected chi connectivity index (χ4v) is 6.56. The summed E-state index contributed by atoms with van der Waals surface area (Å²) in [6.45, 7) is 5.66. The van der Waals surface area contributed by atoms with Crippen LogP contribution >= 0.6 is 11.3 Å². The topological polar surface area (TPSA) is 68.7 Å². The highest BCUT2D eigenvalue weighted by Gasteiger charge is 2.49. The molecule has 3 aromatic rings. The van der Waals surface area contributed by atoms with Crippen LogP contribution in [0.1, 0.15) is 29.7 Å². The maximum atomic E-state index is 12.8. The largest absolute Gasteiger partial charge is 0.390 e. The second-order valence-corrected chi connectivity index (χ2v) is 11.0. The van der Waals surface area contributed by atoms with Gasteiger partial charge in [0, 0.05) is 35.6 Å². The monoisotopic (exact) mass is 490 g/mol. The van der Waals surface area contributed by atoms with E-state index in [0.29, 0.717) is 11.7 Å². The maximum absolute atomic E-state index is 12.8. The molecular formula is C28H34N4O2S. The van der Waals surface area contributed by atoms with E-state index in [2.05, 4.69) is 44.4 Å². The number of nitrogens with zero attached hydrogens (tertiary/aromatic N) is 3. The van der Waals surface area contributed by atoms with E-state index < -0.39 is 6.10 Å². The molecule has 2 aliphatic rings. The molecule has 3 heterocycles. The molecule has 0 bridgehead atoms. The van der Waals surface area contributed by atoms with Crippen LogP contribution in [0.15, 0.2) is 60.7 Å². The van der Waals surface area contributed by atoms with Crippen molar-refractivity contribution in [2.24, 2.45) is 0 Å². The summed E-state index contributed by atoms with van der Waals surface area (Å²) in [6.07, 6.45) is 3.60. The molecule has 1 aromatic heterocycles. The van der Waals surface area contributed by atoms with Gasteiger partial charge in [-0.1, -0.05) is 60.7 Å². The van der Waals surface area contributed by atoms with E-state index in [0.717, 1.165) is 61.5 Å². The van der Waals surface area contributed by atoms with Gasteiger partial charge in [-0.25, -0.2) is 4.98 Å². The highest BCUT2D eigenvalue weighted by molar-refractivity contribution is 7.16. The van der Waals surface area contributed by atoms with Crippen molar-refractivity contribution in [1.82, 2.24) is 14.8 Å². The van der Waals surface area contributed by atoms with Gasteiger partial charge in [-0.3, -0.25) is 14.6 Å². The average molecular weight is 491 g/mol. The summed E-state index contributed by atoms with van der Waals surface area (Å²) in [4.78, 5) is 23.1. The average Bonchev–Trinajstić information content (AvgIpc) is 3.44.